The van der Waals surface area contributed by atoms with E-state index in [1.165, 1.54) is 23.7 Å². The van der Waals surface area contributed by atoms with Crippen LogP contribution in [0.25, 0.3) is 0 Å². The van der Waals surface area contributed by atoms with Crippen molar-refractivity contribution in [3.05, 3.63) is 59.5 Å². The normalized spacial score (nSPS) is 20.0. The molecule has 26 heavy (non-hydrogen) atoms. The number of carbonyl (C=O) groups excluding carboxylic acids is 2. The molecule has 0 unspecified atom stereocenters. The molecule has 2 atom stereocenters. The number of benzene rings is 1. The number of carbonyl (C=O) groups is 2. The molecule has 5 heteroatoms. The van der Waals surface area contributed by atoms with Crippen molar-refractivity contribution in [2.75, 3.05) is 19.6 Å². The van der Waals surface area contributed by atoms with Crippen molar-refractivity contribution in [3.8, 4) is 0 Å². The summed E-state index contributed by atoms with van der Waals surface area (Å²) in [6.07, 6.45) is 4.71. The van der Waals surface area contributed by atoms with E-state index in [2.05, 4.69) is 36.5 Å². The lowest BCUT2D eigenvalue weighted by Gasteiger charge is -2.37. The molecule has 1 fully saturated rings. The van der Waals surface area contributed by atoms with E-state index in [1.54, 1.807) is 11.0 Å². The Morgan fingerprint density at radius 3 is 2.54 bits per heavy atom. The second kappa shape index (κ2) is 8.21. The standard InChI is InChI=1S/C21H26N2O3/c1-3-15-5-7-16(8-6-15)18-11-19(20(24)22-4-2)13-23(12-18)21(25)17-9-10-26-14-17/h5-10,14,18-19H,3-4,11-13H2,1-2H3,(H,22,24)/t18-,19+/m0/s1. The number of aryl methyl sites for hydroxylation is 1. The average molecular weight is 354 g/mol. The van der Waals surface area contributed by atoms with Crippen LogP contribution in [0.4, 0.5) is 0 Å². The summed E-state index contributed by atoms with van der Waals surface area (Å²) >= 11 is 0. The highest BCUT2D eigenvalue weighted by atomic mass is 16.3. The van der Waals surface area contributed by atoms with Gasteiger partial charge in [-0.25, -0.2) is 0 Å². The Kier molecular flexibility index (Phi) is 5.76. The lowest BCUT2D eigenvalue weighted by molar-refractivity contribution is -0.126. The second-order valence-electron chi connectivity index (χ2n) is 6.84. The molecule has 1 saturated heterocycles. The van der Waals surface area contributed by atoms with Gasteiger partial charge in [0.15, 0.2) is 0 Å². The van der Waals surface area contributed by atoms with Gasteiger partial charge >= 0.3 is 0 Å². The molecule has 0 spiro atoms. The number of hydrogen-bond donors (Lipinski definition) is 1. The Hall–Kier alpha value is -2.56. The molecule has 1 aromatic heterocycles. The molecular formula is C21H26N2O3. The molecule has 3 rings (SSSR count). The van der Waals surface area contributed by atoms with E-state index in [9.17, 15) is 9.59 Å². The fourth-order valence-electron chi connectivity index (χ4n) is 3.61. The number of hydrogen-bond acceptors (Lipinski definition) is 3. The van der Waals surface area contributed by atoms with E-state index in [4.69, 9.17) is 4.42 Å². The molecule has 1 aromatic carbocycles. The number of rotatable bonds is 5. The molecule has 1 aliphatic heterocycles. The van der Waals surface area contributed by atoms with Gasteiger partial charge in [-0.1, -0.05) is 31.2 Å². The van der Waals surface area contributed by atoms with Gasteiger partial charge in [0.05, 0.1) is 17.7 Å². The molecule has 1 N–H and O–H groups in total. The summed E-state index contributed by atoms with van der Waals surface area (Å²) in [4.78, 5) is 27.0. The molecule has 0 aliphatic carbocycles. The van der Waals surface area contributed by atoms with Crippen LogP contribution < -0.4 is 5.32 Å². The molecule has 0 bridgehead atoms. The smallest absolute Gasteiger partial charge is 0.257 e. The quantitative estimate of drug-likeness (QED) is 0.897. The maximum atomic E-state index is 12.8. The van der Waals surface area contributed by atoms with Crippen molar-refractivity contribution in [1.29, 1.82) is 0 Å². The summed E-state index contributed by atoms with van der Waals surface area (Å²) in [5.74, 6) is -0.108. The van der Waals surface area contributed by atoms with Gasteiger partial charge in [-0.15, -0.1) is 0 Å². The first-order valence-corrected chi connectivity index (χ1v) is 9.30. The van der Waals surface area contributed by atoms with Crippen LogP contribution in [0.3, 0.4) is 0 Å². The highest BCUT2D eigenvalue weighted by molar-refractivity contribution is 5.94. The van der Waals surface area contributed by atoms with Crippen molar-refractivity contribution < 1.29 is 14.0 Å². The number of furan rings is 1. The third-order valence-corrected chi connectivity index (χ3v) is 5.09. The molecule has 2 amide bonds. The van der Waals surface area contributed by atoms with Crippen LogP contribution in [0.1, 0.15) is 47.7 Å². The lowest BCUT2D eigenvalue weighted by Crippen LogP contribution is -2.48. The van der Waals surface area contributed by atoms with Crippen LogP contribution in [-0.4, -0.2) is 36.3 Å². The number of piperidine rings is 1. The molecule has 2 heterocycles. The molecule has 5 nitrogen and oxygen atoms in total. The summed E-state index contributed by atoms with van der Waals surface area (Å²) in [6.45, 7) is 5.70. The Morgan fingerprint density at radius 1 is 1.15 bits per heavy atom. The summed E-state index contributed by atoms with van der Waals surface area (Å²) < 4.78 is 5.05. The van der Waals surface area contributed by atoms with Gasteiger partial charge in [0, 0.05) is 25.6 Å². The van der Waals surface area contributed by atoms with Gasteiger partial charge in [-0.05, 0) is 37.0 Å². The predicted octanol–water partition coefficient (Wildman–Crippen LogP) is 3.22. The Morgan fingerprint density at radius 2 is 1.92 bits per heavy atom. The summed E-state index contributed by atoms with van der Waals surface area (Å²) in [5.41, 5.74) is 3.00. The van der Waals surface area contributed by atoms with Crippen LogP contribution in [0, 0.1) is 5.92 Å². The van der Waals surface area contributed by atoms with E-state index < -0.39 is 0 Å². The zero-order valence-electron chi connectivity index (χ0n) is 15.4. The maximum absolute atomic E-state index is 12.8. The number of nitrogens with one attached hydrogen (secondary N) is 1. The average Bonchev–Trinajstić information content (AvgIpc) is 3.22. The fourth-order valence-corrected chi connectivity index (χ4v) is 3.61. The van der Waals surface area contributed by atoms with E-state index in [1.807, 2.05) is 6.92 Å². The van der Waals surface area contributed by atoms with Crippen LogP contribution in [-0.2, 0) is 11.2 Å². The third-order valence-electron chi connectivity index (χ3n) is 5.09. The molecule has 1 aliphatic rings. The molecule has 2 aromatic rings. The number of nitrogens with zero attached hydrogens (tertiary/aromatic N) is 1. The Balaban J connectivity index is 1.83. The van der Waals surface area contributed by atoms with E-state index >= 15 is 0 Å². The third kappa shape index (κ3) is 3.98. The minimum absolute atomic E-state index is 0.0207. The number of likely N-dealkylation sites (tertiary alicyclic amines) is 1. The second-order valence-corrected chi connectivity index (χ2v) is 6.84. The fraction of sp³-hybridized carbons (Fsp3) is 0.429. The minimum atomic E-state index is -0.199. The SMILES string of the molecule is CCNC(=O)[C@@H]1C[C@H](c2ccc(CC)cc2)CN(C(=O)c2ccoc2)C1. The van der Waals surface area contributed by atoms with Crippen molar-refractivity contribution in [2.24, 2.45) is 5.92 Å². The van der Waals surface area contributed by atoms with Gasteiger partial charge in [0.1, 0.15) is 6.26 Å². The summed E-state index contributed by atoms with van der Waals surface area (Å²) in [6, 6.07) is 10.2. The monoisotopic (exact) mass is 354 g/mol. The Labute approximate surface area is 154 Å². The highest BCUT2D eigenvalue weighted by Gasteiger charge is 2.34. The van der Waals surface area contributed by atoms with Crippen molar-refractivity contribution in [1.82, 2.24) is 10.2 Å². The molecule has 0 radical (unpaired) electrons. The topological polar surface area (TPSA) is 62.6 Å². The first kappa shape index (κ1) is 18.2. The van der Waals surface area contributed by atoms with Crippen molar-refractivity contribution in [3.63, 3.8) is 0 Å². The van der Waals surface area contributed by atoms with Crippen molar-refractivity contribution in [2.45, 2.75) is 32.6 Å². The zero-order valence-corrected chi connectivity index (χ0v) is 15.4. The summed E-state index contributed by atoms with van der Waals surface area (Å²) in [7, 11) is 0. The van der Waals surface area contributed by atoms with Crippen LogP contribution in [0.2, 0.25) is 0 Å². The largest absolute Gasteiger partial charge is 0.472 e. The minimum Gasteiger partial charge on any atom is -0.472 e. The first-order chi connectivity index (χ1) is 12.6. The van der Waals surface area contributed by atoms with Gasteiger partial charge in [0.2, 0.25) is 5.91 Å². The van der Waals surface area contributed by atoms with E-state index in [0.29, 0.717) is 25.2 Å². The molecule has 0 saturated carbocycles. The van der Waals surface area contributed by atoms with Gasteiger partial charge in [0.25, 0.3) is 5.91 Å². The first-order valence-electron chi connectivity index (χ1n) is 9.30. The molecular weight excluding hydrogens is 328 g/mol. The molecule has 138 valence electrons. The van der Waals surface area contributed by atoms with Gasteiger partial charge < -0.3 is 14.6 Å². The highest BCUT2D eigenvalue weighted by Crippen LogP contribution is 2.31. The van der Waals surface area contributed by atoms with Crippen LogP contribution in [0.15, 0.2) is 47.3 Å². The summed E-state index contributed by atoms with van der Waals surface area (Å²) in [5, 5.41) is 2.90. The predicted molar refractivity (Wildman–Crippen MR) is 100.0 cm³/mol. The van der Waals surface area contributed by atoms with Crippen LogP contribution in [0.5, 0.6) is 0 Å². The van der Waals surface area contributed by atoms with Gasteiger partial charge in [-0.3, -0.25) is 9.59 Å². The van der Waals surface area contributed by atoms with Gasteiger partial charge in [-0.2, -0.15) is 0 Å². The lowest BCUT2D eigenvalue weighted by atomic mass is 9.83. The zero-order chi connectivity index (χ0) is 18.5. The van der Waals surface area contributed by atoms with E-state index in [-0.39, 0.29) is 23.7 Å². The van der Waals surface area contributed by atoms with E-state index in [0.717, 1.165) is 12.8 Å². The Bertz CT molecular complexity index is 737. The number of amides is 2. The maximum Gasteiger partial charge on any atom is 0.257 e. The van der Waals surface area contributed by atoms with Crippen LogP contribution >= 0.6 is 0 Å². The van der Waals surface area contributed by atoms with Crippen molar-refractivity contribution >= 4 is 11.8 Å².